The number of rotatable bonds is 9. The fraction of sp³-hybridized carbons (Fsp3) is 0.889. The second-order valence-electron chi connectivity index (χ2n) is 3.45. The molecule has 0 spiro atoms. The number of hydrogen-bond acceptors (Lipinski definition) is 5. The van der Waals surface area contributed by atoms with Gasteiger partial charge in [0.15, 0.2) is 5.60 Å². The Labute approximate surface area is 88.9 Å². The van der Waals surface area contributed by atoms with Crippen LogP contribution < -0.4 is 5.32 Å². The smallest absolute Gasteiger partial charge is 0.336 e. The van der Waals surface area contributed by atoms with Crippen molar-refractivity contribution in [2.75, 3.05) is 32.9 Å². The molecule has 0 amide bonds. The second kappa shape index (κ2) is 7.58. The molecule has 90 valence electrons. The highest BCUT2D eigenvalue weighted by Crippen LogP contribution is 2.00. The van der Waals surface area contributed by atoms with E-state index in [0.717, 1.165) is 0 Å². The molecule has 6 nitrogen and oxygen atoms in total. The summed E-state index contributed by atoms with van der Waals surface area (Å²) >= 11 is 0. The second-order valence-corrected chi connectivity index (χ2v) is 3.45. The average Bonchev–Trinajstić information content (AvgIpc) is 2.16. The summed E-state index contributed by atoms with van der Waals surface area (Å²) in [6.45, 7) is 2.62. The molecule has 0 bridgehead atoms. The molecule has 0 aliphatic carbocycles. The molecule has 1 atom stereocenters. The monoisotopic (exact) mass is 221 g/mol. The van der Waals surface area contributed by atoms with Crippen LogP contribution in [0.5, 0.6) is 0 Å². The van der Waals surface area contributed by atoms with E-state index in [1.54, 1.807) is 0 Å². The van der Waals surface area contributed by atoms with Crippen molar-refractivity contribution in [2.24, 2.45) is 0 Å². The molecular formula is C9H19NO5. The van der Waals surface area contributed by atoms with Gasteiger partial charge >= 0.3 is 5.97 Å². The Balaban J connectivity index is 3.35. The van der Waals surface area contributed by atoms with Gasteiger partial charge in [0.25, 0.3) is 0 Å². The van der Waals surface area contributed by atoms with E-state index >= 15 is 0 Å². The maximum Gasteiger partial charge on any atom is 0.336 e. The van der Waals surface area contributed by atoms with Crippen molar-refractivity contribution in [3.05, 3.63) is 0 Å². The molecule has 0 aliphatic rings. The van der Waals surface area contributed by atoms with Crippen LogP contribution >= 0.6 is 0 Å². The lowest BCUT2D eigenvalue weighted by Crippen LogP contribution is -2.45. The summed E-state index contributed by atoms with van der Waals surface area (Å²) in [6, 6.07) is 0. The maximum atomic E-state index is 10.5. The Morgan fingerprint density at radius 1 is 1.47 bits per heavy atom. The third-order valence-corrected chi connectivity index (χ3v) is 1.81. The summed E-state index contributed by atoms with van der Waals surface area (Å²) in [5.74, 6) is -1.24. The van der Waals surface area contributed by atoms with Crippen molar-refractivity contribution in [2.45, 2.75) is 18.9 Å². The summed E-state index contributed by atoms with van der Waals surface area (Å²) in [4.78, 5) is 10.5. The molecule has 1 unspecified atom stereocenters. The van der Waals surface area contributed by atoms with Gasteiger partial charge in [-0.3, -0.25) is 0 Å². The standard InChI is InChI=1S/C9H19NO5/c1-9(14,8(12)13)7-10-3-2-5-15-6-4-11/h10-11,14H,2-7H2,1H3,(H,12,13). The predicted molar refractivity (Wildman–Crippen MR) is 53.7 cm³/mol. The van der Waals surface area contributed by atoms with Gasteiger partial charge in [0.2, 0.25) is 0 Å². The first-order chi connectivity index (χ1) is 7.00. The Kier molecular flexibility index (Phi) is 7.23. The molecule has 0 saturated heterocycles. The van der Waals surface area contributed by atoms with E-state index in [4.69, 9.17) is 14.9 Å². The van der Waals surface area contributed by atoms with Crippen LogP contribution in [0, 0.1) is 0 Å². The van der Waals surface area contributed by atoms with E-state index in [1.165, 1.54) is 6.92 Å². The Morgan fingerprint density at radius 2 is 2.13 bits per heavy atom. The Bertz CT molecular complexity index is 183. The van der Waals surface area contributed by atoms with Gasteiger partial charge in [0.05, 0.1) is 13.2 Å². The van der Waals surface area contributed by atoms with E-state index < -0.39 is 11.6 Å². The molecule has 0 aromatic rings. The van der Waals surface area contributed by atoms with Crippen LogP contribution in [0.2, 0.25) is 0 Å². The lowest BCUT2D eigenvalue weighted by Gasteiger charge is -2.18. The van der Waals surface area contributed by atoms with Crippen LogP contribution in [0.15, 0.2) is 0 Å². The summed E-state index contributed by atoms with van der Waals surface area (Å²) in [7, 11) is 0. The fourth-order valence-corrected chi connectivity index (χ4v) is 0.873. The zero-order chi connectivity index (χ0) is 11.7. The molecule has 0 aromatic carbocycles. The number of ether oxygens (including phenoxy) is 1. The third kappa shape index (κ3) is 7.26. The molecule has 15 heavy (non-hydrogen) atoms. The van der Waals surface area contributed by atoms with Gasteiger partial charge in [-0.1, -0.05) is 0 Å². The number of hydrogen-bond donors (Lipinski definition) is 4. The molecule has 0 heterocycles. The third-order valence-electron chi connectivity index (χ3n) is 1.81. The number of carboxylic acids is 1. The minimum absolute atomic E-state index is 0.00114. The Morgan fingerprint density at radius 3 is 2.67 bits per heavy atom. The molecular weight excluding hydrogens is 202 g/mol. The van der Waals surface area contributed by atoms with Crippen molar-refractivity contribution in [3.63, 3.8) is 0 Å². The number of aliphatic carboxylic acids is 1. The summed E-state index contributed by atoms with van der Waals surface area (Å²) in [6.07, 6.45) is 0.704. The van der Waals surface area contributed by atoms with E-state index in [1.807, 2.05) is 0 Å². The molecule has 6 heteroatoms. The number of carboxylic acid groups (broad SMARTS) is 1. The highest BCUT2D eigenvalue weighted by Gasteiger charge is 2.28. The zero-order valence-corrected chi connectivity index (χ0v) is 8.90. The zero-order valence-electron chi connectivity index (χ0n) is 8.90. The van der Waals surface area contributed by atoms with Crippen LogP contribution in [0.4, 0.5) is 0 Å². The van der Waals surface area contributed by atoms with E-state index in [0.29, 0.717) is 26.2 Å². The average molecular weight is 221 g/mol. The van der Waals surface area contributed by atoms with Gasteiger partial charge < -0.3 is 25.4 Å². The van der Waals surface area contributed by atoms with E-state index in [9.17, 15) is 9.90 Å². The molecule has 0 fully saturated rings. The number of aliphatic hydroxyl groups is 2. The number of aliphatic hydroxyl groups excluding tert-OH is 1. The lowest BCUT2D eigenvalue weighted by atomic mass is 10.1. The van der Waals surface area contributed by atoms with E-state index in [-0.39, 0.29) is 13.2 Å². The Hall–Kier alpha value is -0.690. The highest BCUT2D eigenvalue weighted by molar-refractivity contribution is 5.76. The molecule has 0 rings (SSSR count). The molecule has 0 radical (unpaired) electrons. The first-order valence-electron chi connectivity index (χ1n) is 4.86. The summed E-state index contributed by atoms with van der Waals surface area (Å²) in [5, 5.41) is 29.1. The van der Waals surface area contributed by atoms with Crippen molar-refractivity contribution in [3.8, 4) is 0 Å². The van der Waals surface area contributed by atoms with Gasteiger partial charge in [-0.15, -0.1) is 0 Å². The van der Waals surface area contributed by atoms with Gasteiger partial charge in [0, 0.05) is 13.2 Å². The van der Waals surface area contributed by atoms with Crippen molar-refractivity contribution in [1.82, 2.24) is 5.32 Å². The number of nitrogens with one attached hydrogen (secondary N) is 1. The number of carbonyl (C=O) groups is 1. The van der Waals surface area contributed by atoms with Gasteiger partial charge in [-0.25, -0.2) is 4.79 Å². The summed E-state index contributed by atoms with van der Waals surface area (Å²) in [5.41, 5.74) is -1.73. The summed E-state index contributed by atoms with van der Waals surface area (Å²) < 4.78 is 4.99. The normalized spacial score (nSPS) is 14.9. The molecule has 0 aliphatic heterocycles. The lowest BCUT2D eigenvalue weighted by molar-refractivity contribution is -0.156. The van der Waals surface area contributed by atoms with Crippen LogP contribution in [0.25, 0.3) is 0 Å². The van der Waals surface area contributed by atoms with Gasteiger partial charge in [-0.05, 0) is 19.9 Å². The topological polar surface area (TPSA) is 99.0 Å². The molecule has 0 aromatic heterocycles. The quantitative estimate of drug-likeness (QED) is 0.365. The minimum atomic E-state index is -1.73. The first-order valence-corrected chi connectivity index (χ1v) is 4.86. The first kappa shape index (κ1) is 14.3. The van der Waals surface area contributed by atoms with Crippen LogP contribution in [-0.4, -0.2) is 59.8 Å². The maximum absolute atomic E-state index is 10.5. The van der Waals surface area contributed by atoms with Crippen molar-refractivity contribution in [1.29, 1.82) is 0 Å². The SMILES string of the molecule is CC(O)(CNCCCOCCO)C(=O)O. The van der Waals surface area contributed by atoms with Gasteiger partial charge in [0.1, 0.15) is 0 Å². The highest BCUT2D eigenvalue weighted by atomic mass is 16.5. The van der Waals surface area contributed by atoms with Crippen LogP contribution in [-0.2, 0) is 9.53 Å². The van der Waals surface area contributed by atoms with E-state index in [2.05, 4.69) is 5.32 Å². The molecule has 0 saturated carbocycles. The van der Waals surface area contributed by atoms with Crippen LogP contribution in [0.1, 0.15) is 13.3 Å². The minimum Gasteiger partial charge on any atom is -0.479 e. The van der Waals surface area contributed by atoms with Crippen molar-refractivity contribution >= 4 is 5.97 Å². The van der Waals surface area contributed by atoms with Crippen LogP contribution in [0.3, 0.4) is 0 Å². The fourth-order valence-electron chi connectivity index (χ4n) is 0.873. The largest absolute Gasteiger partial charge is 0.479 e. The predicted octanol–water partition coefficient (Wildman–Crippen LogP) is -1.19. The van der Waals surface area contributed by atoms with Crippen molar-refractivity contribution < 1.29 is 24.9 Å². The van der Waals surface area contributed by atoms with Gasteiger partial charge in [-0.2, -0.15) is 0 Å². The molecule has 4 N–H and O–H groups in total.